The molecule has 0 fully saturated rings. The molecule has 0 heterocycles. The van der Waals surface area contributed by atoms with Gasteiger partial charge >= 0.3 is 0 Å². The molecule has 0 bridgehead atoms. The van der Waals surface area contributed by atoms with Crippen LogP contribution in [0.3, 0.4) is 0 Å². The first kappa shape index (κ1) is 12.3. The van der Waals surface area contributed by atoms with E-state index in [1.807, 2.05) is 6.07 Å². The Balaban J connectivity index is 2.61. The summed E-state index contributed by atoms with van der Waals surface area (Å²) in [5, 5.41) is 8.74. The molecule has 0 unspecified atom stereocenters. The molecule has 0 saturated heterocycles. The number of hydrogen-bond acceptors (Lipinski definition) is 3. The van der Waals surface area contributed by atoms with E-state index in [0.717, 1.165) is 5.56 Å². The van der Waals surface area contributed by atoms with Gasteiger partial charge in [-0.1, -0.05) is 30.3 Å². The Kier molecular flexibility index (Phi) is 3.17. The van der Waals surface area contributed by atoms with Crippen LogP contribution in [0.4, 0.5) is 0 Å². The molecule has 0 N–H and O–H groups in total. The third kappa shape index (κ3) is 2.41. The number of nitrogens with zero attached hydrogens (tertiary/aromatic N) is 1. The van der Waals surface area contributed by atoms with Gasteiger partial charge in [0, 0.05) is 11.8 Å². The minimum absolute atomic E-state index is 0.301. The molecule has 2 rings (SSSR count). The van der Waals surface area contributed by atoms with Gasteiger partial charge in [-0.25, -0.2) is 8.42 Å². The second kappa shape index (κ2) is 4.63. The predicted octanol–water partition coefficient (Wildman–Crippen LogP) is 2.63. The molecule has 0 amide bonds. The Morgan fingerprint density at radius 3 is 2.17 bits per heavy atom. The molecule has 0 radical (unpaired) electrons. The van der Waals surface area contributed by atoms with E-state index >= 15 is 0 Å². The zero-order valence-electron chi connectivity index (χ0n) is 9.79. The molecule has 4 heteroatoms. The van der Waals surface area contributed by atoms with E-state index in [4.69, 9.17) is 5.26 Å². The molecule has 0 atom stereocenters. The zero-order valence-corrected chi connectivity index (χ0v) is 10.6. The molecule has 3 nitrogen and oxygen atoms in total. The third-order valence-electron chi connectivity index (χ3n) is 2.61. The molecular weight excluding hydrogens is 246 g/mol. The van der Waals surface area contributed by atoms with Crippen molar-refractivity contribution in [3.63, 3.8) is 0 Å². The Hall–Kier alpha value is -2.12. The molecule has 0 aliphatic heterocycles. The molecule has 18 heavy (non-hydrogen) atoms. The number of rotatable bonds is 2. The molecule has 0 saturated carbocycles. The number of nitriles is 1. The molecule has 90 valence electrons. The largest absolute Gasteiger partial charge is 0.224 e. The lowest BCUT2D eigenvalue weighted by Gasteiger charge is -2.07. The SMILES string of the molecule is CS(=O)(=O)c1ccccc1-c1ccc(C#N)cc1. The number of hydrogen-bond donors (Lipinski definition) is 0. The van der Waals surface area contributed by atoms with E-state index in [1.165, 1.54) is 6.26 Å². The van der Waals surface area contributed by atoms with Gasteiger partial charge in [-0.15, -0.1) is 0 Å². The van der Waals surface area contributed by atoms with Crippen molar-refractivity contribution in [3.8, 4) is 17.2 Å². The first-order chi connectivity index (χ1) is 8.52. The average molecular weight is 257 g/mol. The van der Waals surface area contributed by atoms with Gasteiger partial charge in [0.05, 0.1) is 16.5 Å². The minimum atomic E-state index is -3.26. The topological polar surface area (TPSA) is 57.9 Å². The van der Waals surface area contributed by atoms with E-state index in [2.05, 4.69) is 0 Å². The van der Waals surface area contributed by atoms with Crippen LogP contribution in [0.5, 0.6) is 0 Å². The van der Waals surface area contributed by atoms with Crippen LogP contribution in [-0.2, 0) is 9.84 Å². The van der Waals surface area contributed by atoms with Crippen LogP contribution in [0.25, 0.3) is 11.1 Å². The van der Waals surface area contributed by atoms with Crippen molar-refractivity contribution < 1.29 is 8.42 Å². The maximum absolute atomic E-state index is 11.7. The second-order valence-corrected chi connectivity index (χ2v) is 5.94. The van der Waals surface area contributed by atoms with Crippen molar-refractivity contribution >= 4 is 9.84 Å². The smallest absolute Gasteiger partial charge is 0.176 e. The van der Waals surface area contributed by atoms with Crippen LogP contribution in [0.1, 0.15) is 5.56 Å². The second-order valence-electron chi connectivity index (χ2n) is 3.96. The summed E-state index contributed by atoms with van der Waals surface area (Å²) in [6, 6.07) is 15.7. The highest BCUT2D eigenvalue weighted by Gasteiger charge is 2.13. The van der Waals surface area contributed by atoms with Gasteiger partial charge in [-0.2, -0.15) is 5.26 Å². The lowest BCUT2D eigenvalue weighted by Crippen LogP contribution is -1.99. The summed E-state index contributed by atoms with van der Waals surface area (Å²) in [4.78, 5) is 0.301. The molecule has 2 aromatic rings. The van der Waals surface area contributed by atoms with Crippen molar-refractivity contribution in [3.05, 3.63) is 54.1 Å². The number of sulfone groups is 1. The first-order valence-corrected chi connectivity index (χ1v) is 7.21. The Labute approximate surface area is 106 Å². The van der Waals surface area contributed by atoms with Gasteiger partial charge in [-0.3, -0.25) is 0 Å². The van der Waals surface area contributed by atoms with Crippen LogP contribution in [0.15, 0.2) is 53.4 Å². The highest BCUT2D eigenvalue weighted by atomic mass is 32.2. The average Bonchev–Trinajstić information content (AvgIpc) is 2.38. The molecule has 2 aromatic carbocycles. The fraction of sp³-hybridized carbons (Fsp3) is 0.0714. The van der Waals surface area contributed by atoms with Gasteiger partial charge < -0.3 is 0 Å². The lowest BCUT2D eigenvalue weighted by molar-refractivity contribution is 0.602. The molecular formula is C14H11NO2S. The Morgan fingerprint density at radius 1 is 1.00 bits per heavy atom. The van der Waals surface area contributed by atoms with Crippen LogP contribution < -0.4 is 0 Å². The van der Waals surface area contributed by atoms with Crippen LogP contribution >= 0.6 is 0 Å². The maximum Gasteiger partial charge on any atom is 0.176 e. The van der Waals surface area contributed by atoms with Crippen molar-refractivity contribution in [2.45, 2.75) is 4.90 Å². The van der Waals surface area contributed by atoms with Gasteiger partial charge in [0.25, 0.3) is 0 Å². The monoisotopic (exact) mass is 257 g/mol. The molecule has 0 aliphatic rings. The summed E-state index contributed by atoms with van der Waals surface area (Å²) in [5.74, 6) is 0. The van der Waals surface area contributed by atoms with Gasteiger partial charge in [0.2, 0.25) is 0 Å². The van der Waals surface area contributed by atoms with E-state index in [9.17, 15) is 8.42 Å². The third-order valence-corrected chi connectivity index (χ3v) is 3.77. The van der Waals surface area contributed by atoms with E-state index in [0.29, 0.717) is 16.0 Å². The maximum atomic E-state index is 11.7. The number of benzene rings is 2. The van der Waals surface area contributed by atoms with Crippen LogP contribution in [0.2, 0.25) is 0 Å². The summed E-state index contributed by atoms with van der Waals surface area (Å²) in [7, 11) is -3.26. The summed E-state index contributed by atoms with van der Waals surface area (Å²) in [6.45, 7) is 0. The molecule has 0 aromatic heterocycles. The molecule has 0 spiro atoms. The normalized spacial score (nSPS) is 10.9. The quantitative estimate of drug-likeness (QED) is 0.831. The van der Waals surface area contributed by atoms with Crippen LogP contribution in [0, 0.1) is 11.3 Å². The van der Waals surface area contributed by atoms with E-state index in [-0.39, 0.29) is 0 Å². The summed E-state index contributed by atoms with van der Waals surface area (Å²) in [5.41, 5.74) is 2.00. The highest BCUT2D eigenvalue weighted by molar-refractivity contribution is 7.90. The van der Waals surface area contributed by atoms with E-state index < -0.39 is 9.84 Å². The van der Waals surface area contributed by atoms with Crippen molar-refractivity contribution in [1.29, 1.82) is 5.26 Å². The predicted molar refractivity (Wildman–Crippen MR) is 69.7 cm³/mol. The summed E-state index contributed by atoms with van der Waals surface area (Å²) >= 11 is 0. The Morgan fingerprint density at radius 2 is 1.61 bits per heavy atom. The standard InChI is InChI=1S/C14H11NO2S/c1-18(16,17)14-5-3-2-4-13(14)12-8-6-11(10-15)7-9-12/h2-9H,1H3. The minimum Gasteiger partial charge on any atom is -0.224 e. The fourth-order valence-corrected chi connectivity index (χ4v) is 2.66. The van der Waals surface area contributed by atoms with E-state index in [1.54, 1.807) is 48.5 Å². The van der Waals surface area contributed by atoms with Crippen molar-refractivity contribution in [2.24, 2.45) is 0 Å². The molecule has 0 aliphatic carbocycles. The summed E-state index contributed by atoms with van der Waals surface area (Å²) < 4.78 is 23.4. The lowest BCUT2D eigenvalue weighted by atomic mass is 10.0. The van der Waals surface area contributed by atoms with Gasteiger partial charge in [0.15, 0.2) is 9.84 Å². The summed E-state index contributed by atoms with van der Waals surface area (Å²) in [6.07, 6.45) is 1.19. The highest BCUT2D eigenvalue weighted by Crippen LogP contribution is 2.27. The van der Waals surface area contributed by atoms with Crippen molar-refractivity contribution in [2.75, 3.05) is 6.26 Å². The van der Waals surface area contributed by atoms with Crippen LogP contribution in [-0.4, -0.2) is 14.7 Å². The first-order valence-electron chi connectivity index (χ1n) is 5.32. The van der Waals surface area contributed by atoms with Crippen molar-refractivity contribution in [1.82, 2.24) is 0 Å². The fourth-order valence-electron chi connectivity index (χ4n) is 1.75. The Bertz CT molecular complexity index is 710. The zero-order chi connectivity index (χ0) is 13.2. The van der Waals surface area contributed by atoms with Gasteiger partial charge in [-0.05, 0) is 23.8 Å². The van der Waals surface area contributed by atoms with Gasteiger partial charge in [0.1, 0.15) is 0 Å².